The number of carbonyl (C=O) groups excluding carboxylic acids is 1. The summed E-state index contributed by atoms with van der Waals surface area (Å²) >= 11 is 0. The molecular formula is C17H19N3O4. The van der Waals surface area contributed by atoms with Crippen LogP contribution >= 0.6 is 0 Å². The number of nitro benzene ring substituents is 1. The standard InChI is InChI=1S/C17H19N3O4/c1-10-15(17(21)24-9-12-7-8-12)16(19-11(2)18-10)13-5-3-4-6-14(13)20(22)23/h3-6,11-12,18H,7-9H2,1-2H3. The molecule has 2 aliphatic rings. The minimum absolute atomic E-state index is 0.0781. The van der Waals surface area contributed by atoms with Crippen molar-refractivity contribution in [1.82, 2.24) is 5.32 Å². The van der Waals surface area contributed by atoms with Crippen LogP contribution in [0.4, 0.5) is 5.69 Å². The molecule has 1 saturated carbocycles. The molecule has 1 atom stereocenters. The quantitative estimate of drug-likeness (QED) is 0.509. The monoisotopic (exact) mass is 329 g/mol. The fraction of sp³-hybridized carbons (Fsp3) is 0.412. The number of carbonyl (C=O) groups is 1. The first-order valence-corrected chi connectivity index (χ1v) is 7.94. The topological polar surface area (TPSA) is 93.8 Å². The Balaban J connectivity index is 1.99. The summed E-state index contributed by atoms with van der Waals surface area (Å²) in [5.74, 6) is -0.0486. The summed E-state index contributed by atoms with van der Waals surface area (Å²) in [4.78, 5) is 27.8. The summed E-state index contributed by atoms with van der Waals surface area (Å²) in [6.45, 7) is 3.97. The largest absolute Gasteiger partial charge is 0.462 e. The first-order valence-electron chi connectivity index (χ1n) is 7.94. The number of ether oxygens (including phenoxy) is 1. The smallest absolute Gasteiger partial charge is 0.342 e. The zero-order chi connectivity index (χ0) is 17.3. The van der Waals surface area contributed by atoms with Crippen LogP contribution < -0.4 is 5.32 Å². The number of aliphatic imine (C=N–C) groups is 1. The van der Waals surface area contributed by atoms with Gasteiger partial charge in [0, 0.05) is 11.8 Å². The summed E-state index contributed by atoms with van der Waals surface area (Å²) in [6.07, 6.45) is 1.87. The van der Waals surface area contributed by atoms with Gasteiger partial charge in [-0.1, -0.05) is 12.1 Å². The highest BCUT2D eigenvalue weighted by atomic mass is 16.6. The van der Waals surface area contributed by atoms with Crippen LogP contribution in [0.3, 0.4) is 0 Å². The zero-order valence-corrected chi connectivity index (χ0v) is 13.6. The number of hydrogen-bond donors (Lipinski definition) is 1. The van der Waals surface area contributed by atoms with Crippen molar-refractivity contribution in [2.24, 2.45) is 10.9 Å². The molecule has 1 heterocycles. The Bertz CT molecular complexity index is 750. The average molecular weight is 329 g/mol. The fourth-order valence-electron chi connectivity index (χ4n) is 2.69. The number of esters is 1. The minimum atomic E-state index is -0.490. The third kappa shape index (κ3) is 3.29. The molecule has 1 aliphatic carbocycles. The van der Waals surface area contributed by atoms with Crippen LogP contribution in [0.5, 0.6) is 0 Å². The Morgan fingerprint density at radius 3 is 2.79 bits per heavy atom. The van der Waals surface area contributed by atoms with Gasteiger partial charge in [-0.05, 0) is 38.7 Å². The summed E-state index contributed by atoms with van der Waals surface area (Å²) < 4.78 is 5.38. The summed E-state index contributed by atoms with van der Waals surface area (Å²) in [7, 11) is 0. The van der Waals surface area contributed by atoms with Crippen LogP contribution in [0.25, 0.3) is 0 Å². The van der Waals surface area contributed by atoms with Crippen molar-refractivity contribution in [3.63, 3.8) is 0 Å². The lowest BCUT2D eigenvalue weighted by Crippen LogP contribution is -2.35. The first kappa shape index (κ1) is 16.2. The van der Waals surface area contributed by atoms with E-state index < -0.39 is 10.9 Å². The van der Waals surface area contributed by atoms with E-state index in [2.05, 4.69) is 10.3 Å². The van der Waals surface area contributed by atoms with Crippen molar-refractivity contribution in [3.05, 3.63) is 51.2 Å². The second-order valence-electron chi connectivity index (χ2n) is 6.11. The predicted octanol–water partition coefficient (Wildman–Crippen LogP) is 2.56. The molecule has 1 fully saturated rings. The lowest BCUT2D eigenvalue weighted by molar-refractivity contribution is -0.385. The third-order valence-corrected chi connectivity index (χ3v) is 4.07. The Morgan fingerprint density at radius 1 is 1.42 bits per heavy atom. The Kier molecular flexibility index (Phi) is 4.33. The molecule has 0 saturated heterocycles. The highest BCUT2D eigenvalue weighted by Gasteiger charge is 2.32. The molecule has 0 bridgehead atoms. The molecule has 126 valence electrons. The van der Waals surface area contributed by atoms with Gasteiger partial charge in [0.05, 0.1) is 22.8 Å². The number of nitro groups is 1. The molecule has 7 heteroatoms. The number of nitrogens with one attached hydrogen (secondary N) is 1. The number of rotatable bonds is 5. The Hall–Kier alpha value is -2.70. The average Bonchev–Trinajstić information content (AvgIpc) is 3.36. The highest BCUT2D eigenvalue weighted by molar-refractivity contribution is 6.28. The predicted molar refractivity (Wildman–Crippen MR) is 88.6 cm³/mol. The van der Waals surface area contributed by atoms with Gasteiger partial charge >= 0.3 is 5.97 Å². The van der Waals surface area contributed by atoms with E-state index in [-0.39, 0.29) is 17.4 Å². The van der Waals surface area contributed by atoms with Crippen LogP contribution in [0.2, 0.25) is 0 Å². The summed E-state index contributed by atoms with van der Waals surface area (Å²) in [6, 6.07) is 6.30. The highest BCUT2D eigenvalue weighted by Crippen LogP contribution is 2.30. The second kappa shape index (κ2) is 6.43. The first-order chi connectivity index (χ1) is 11.5. The molecule has 1 unspecified atom stereocenters. The number of para-hydroxylation sites is 1. The molecular weight excluding hydrogens is 310 g/mol. The van der Waals surface area contributed by atoms with E-state index in [1.54, 1.807) is 25.1 Å². The summed E-state index contributed by atoms with van der Waals surface area (Å²) in [5, 5.41) is 14.4. The molecule has 7 nitrogen and oxygen atoms in total. The Morgan fingerprint density at radius 2 is 2.12 bits per heavy atom. The zero-order valence-electron chi connectivity index (χ0n) is 13.6. The molecule has 1 aliphatic heterocycles. The van der Waals surface area contributed by atoms with Gasteiger partial charge in [0.2, 0.25) is 0 Å². The van der Waals surface area contributed by atoms with E-state index in [9.17, 15) is 14.9 Å². The van der Waals surface area contributed by atoms with Crippen LogP contribution in [-0.4, -0.2) is 29.4 Å². The molecule has 1 aromatic carbocycles. The molecule has 0 amide bonds. The molecule has 3 rings (SSSR count). The van der Waals surface area contributed by atoms with Gasteiger partial charge in [-0.25, -0.2) is 4.79 Å². The molecule has 1 N–H and O–H groups in total. The minimum Gasteiger partial charge on any atom is -0.462 e. The van der Waals surface area contributed by atoms with Crippen molar-refractivity contribution in [2.75, 3.05) is 6.61 Å². The van der Waals surface area contributed by atoms with Crippen LogP contribution in [0.15, 0.2) is 40.5 Å². The van der Waals surface area contributed by atoms with Gasteiger partial charge < -0.3 is 10.1 Å². The van der Waals surface area contributed by atoms with Gasteiger partial charge in [0.1, 0.15) is 11.7 Å². The van der Waals surface area contributed by atoms with E-state index in [1.165, 1.54) is 6.07 Å². The van der Waals surface area contributed by atoms with Crippen molar-refractivity contribution in [1.29, 1.82) is 0 Å². The van der Waals surface area contributed by atoms with Gasteiger partial charge in [-0.3, -0.25) is 15.1 Å². The van der Waals surface area contributed by atoms with E-state index in [0.29, 0.717) is 29.5 Å². The van der Waals surface area contributed by atoms with Crippen molar-refractivity contribution in [2.45, 2.75) is 32.9 Å². The molecule has 1 aromatic rings. The van der Waals surface area contributed by atoms with Gasteiger partial charge in [-0.15, -0.1) is 0 Å². The Labute approximate surface area is 139 Å². The molecule has 0 spiro atoms. The summed E-state index contributed by atoms with van der Waals surface area (Å²) in [5.41, 5.74) is 1.44. The lowest BCUT2D eigenvalue weighted by Gasteiger charge is -2.23. The van der Waals surface area contributed by atoms with Gasteiger partial charge in [0.15, 0.2) is 0 Å². The number of nitrogens with zero attached hydrogens (tertiary/aromatic N) is 2. The van der Waals surface area contributed by atoms with Crippen molar-refractivity contribution < 1.29 is 14.5 Å². The molecule has 0 radical (unpaired) electrons. The lowest BCUT2D eigenvalue weighted by atomic mass is 9.97. The maximum Gasteiger partial charge on any atom is 0.342 e. The fourth-order valence-corrected chi connectivity index (χ4v) is 2.69. The van der Waals surface area contributed by atoms with Crippen LogP contribution in [-0.2, 0) is 9.53 Å². The third-order valence-electron chi connectivity index (χ3n) is 4.07. The maximum atomic E-state index is 12.5. The number of allylic oxidation sites excluding steroid dienone is 1. The van der Waals surface area contributed by atoms with E-state index >= 15 is 0 Å². The van der Waals surface area contributed by atoms with Crippen LogP contribution in [0.1, 0.15) is 32.3 Å². The maximum absolute atomic E-state index is 12.5. The SMILES string of the molecule is CC1=C(C(=O)OCC2CC2)C(c2ccccc2[N+](=O)[O-])=NC(C)N1. The normalized spacial score (nSPS) is 20.2. The van der Waals surface area contributed by atoms with Gasteiger partial charge in [0.25, 0.3) is 5.69 Å². The van der Waals surface area contributed by atoms with E-state index in [4.69, 9.17) is 4.74 Å². The molecule has 0 aromatic heterocycles. The van der Waals surface area contributed by atoms with Gasteiger partial charge in [-0.2, -0.15) is 0 Å². The van der Waals surface area contributed by atoms with Crippen molar-refractivity contribution in [3.8, 4) is 0 Å². The van der Waals surface area contributed by atoms with E-state index in [1.807, 2.05) is 6.92 Å². The second-order valence-corrected chi connectivity index (χ2v) is 6.11. The van der Waals surface area contributed by atoms with Crippen molar-refractivity contribution >= 4 is 17.4 Å². The number of hydrogen-bond acceptors (Lipinski definition) is 6. The number of benzene rings is 1. The van der Waals surface area contributed by atoms with E-state index in [0.717, 1.165) is 12.8 Å². The van der Waals surface area contributed by atoms with Crippen LogP contribution in [0, 0.1) is 16.0 Å². The molecule has 24 heavy (non-hydrogen) atoms.